The van der Waals surface area contributed by atoms with Gasteiger partial charge in [0, 0.05) is 65.6 Å². The van der Waals surface area contributed by atoms with Crippen molar-refractivity contribution in [1.29, 1.82) is 0 Å². The van der Waals surface area contributed by atoms with Crippen LogP contribution in [0, 0.1) is 0 Å². The minimum absolute atomic E-state index is 0. The van der Waals surface area contributed by atoms with Crippen LogP contribution in [-0.4, -0.2) is 106 Å². The highest BCUT2D eigenvalue weighted by molar-refractivity contribution is 14.0. The van der Waals surface area contributed by atoms with E-state index in [1.54, 1.807) is 12.0 Å². The van der Waals surface area contributed by atoms with Crippen LogP contribution in [0.1, 0.15) is 26.2 Å². The van der Waals surface area contributed by atoms with Gasteiger partial charge in [-0.25, -0.2) is 0 Å². The summed E-state index contributed by atoms with van der Waals surface area (Å²) in [7, 11) is 5.39. The number of likely N-dealkylation sites (tertiary alicyclic amines) is 1. The number of aliphatic imine (C=N–C) groups is 1. The molecule has 0 aliphatic carbocycles. The number of benzene rings is 1. The number of halogens is 1. The van der Waals surface area contributed by atoms with Crippen molar-refractivity contribution in [1.82, 2.24) is 20.0 Å². The van der Waals surface area contributed by atoms with E-state index in [1.807, 2.05) is 26.2 Å². The number of amides is 1. The number of rotatable bonds is 8. The predicted octanol–water partition coefficient (Wildman–Crippen LogP) is 2.34. The summed E-state index contributed by atoms with van der Waals surface area (Å²) in [4.78, 5) is 26.1. The summed E-state index contributed by atoms with van der Waals surface area (Å²) in [6.07, 6.45) is 3.05. The van der Waals surface area contributed by atoms with Gasteiger partial charge in [-0.05, 0) is 57.0 Å². The smallest absolute Gasteiger partial charge is 0.239 e. The first-order valence-electron chi connectivity index (χ1n) is 11.9. The molecule has 2 fully saturated rings. The molecule has 0 radical (unpaired) electrons. The van der Waals surface area contributed by atoms with Crippen molar-refractivity contribution >= 4 is 41.5 Å². The van der Waals surface area contributed by atoms with Crippen molar-refractivity contribution in [3.05, 3.63) is 24.3 Å². The van der Waals surface area contributed by atoms with Crippen LogP contribution in [0.15, 0.2) is 29.3 Å². The van der Waals surface area contributed by atoms with Gasteiger partial charge >= 0.3 is 0 Å². The van der Waals surface area contributed by atoms with E-state index in [9.17, 15) is 4.79 Å². The van der Waals surface area contributed by atoms with E-state index >= 15 is 0 Å². The number of hydrogen-bond acceptors (Lipinski definition) is 5. The molecule has 186 valence electrons. The van der Waals surface area contributed by atoms with E-state index in [-0.39, 0.29) is 35.9 Å². The quantitative estimate of drug-likeness (QED) is 0.224. The highest BCUT2D eigenvalue weighted by Crippen LogP contribution is 2.21. The van der Waals surface area contributed by atoms with E-state index in [1.165, 1.54) is 5.69 Å². The molecule has 1 amide bonds. The highest BCUT2D eigenvalue weighted by Gasteiger charge is 2.31. The first-order valence-corrected chi connectivity index (χ1v) is 11.9. The molecule has 2 aliphatic heterocycles. The second kappa shape index (κ2) is 13.8. The summed E-state index contributed by atoms with van der Waals surface area (Å²) in [5.41, 5.74) is 1.24. The molecule has 0 bridgehead atoms. The van der Waals surface area contributed by atoms with E-state index < -0.39 is 0 Å². The van der Waals surface area contributed by atoms with E-state index in [4.69, 9.17) is 9.73 Å². The Balaban J connectivity index is 0.00000385. The van der Waals surface area contributed by atoms with Crippen molar-refractivity contribution in [3.8, 4) is 5.75 Å². The molecule has 3 rings (SSSR count). The van der Waals surface area contributed by atoms with Crippen LogP contribution < -0.4 is 15.0 Å². The molecule has 1 aromatic rings. The lowest BCUT2D eigenvalue weighted by molar-refractivity contribution is -0.133. The third-order valence-electron chi connectivity index (χ3n) is 6.31. The van der Waals surface area contributed by atoms with Crippen LogP contribution in [0.5, 0.6) is 5.75 Å². The summed E-state index contributed by atoms with van der Waals surface area (Å²) in [5, 5.41) is 3.46. The fourth-order valence-corrected chi connectivity index (χ4v) is 4.53. The fourth-order valence-electron chi connectivity index (χ4n) is 4.53. The molecule has 2 heterocycles. The zero-order chi connectivity index (χ0) is 22.9. The van der Waals surface area contributed by atoms with Gasteiger partial charge in [-0.15, -0.1) is 24.0 Å². The molecule has 1 atom stereocenters. The molecule has 0 aromatic heterocycles. The van der Waals surface area contributed by atoms with Gasteiger partial charge in [-0.2, -0.15) is 0 Å². The molecule has 33 heavy (non-hydrogen) atoms. The van der Waals surface area contributed by atoms with Gasteiger partial charge in [-0.3, -0.25) is 14.7 Å². The van der Waals surface area contributed by atoms with Crippen LogP contribution in [-0.2, 0) is 4.79 Å². The lowest BCUT2D eigenvalue weighted by Crippen LogP contribution is -2.52. The van der Waals surface area contributed by atoms with Crippen LogP contribution in [0.25, 0.3) is 0 Å². The molecule has 8 nitrogen and oxygen atoms in total. The number of carbonyl (C=O) groups excluding carboxylic acids is 1. The minimum atomic E-state index is 0. The Hall–Kier alpha value is -1.75. The topological polar surface area (TPSA) is 63.7 Å². The van der Waals surface area contributed by atoms with Gasteiger partial charge < -0.3 is 24.8 Å². The minimum Gasteiger partial charge on any atom is -0.497 e. The maximum absolute atomic E-state index is 12.4. The number of carbonyl (C=O) groups is 1. The van der Waals surface area contributed by atoms with Gasteiger partial charge in [-0.1, -0.05) is 0 Å². The molecule has 2 saturated heterocycles. The highest BCUT2D eigenvalue weighted by atomic mass is 127. The summed E-state index contributed by atoms with van der Waals surface area (Å²) in [6, 6.07) is 8.34. The van der Waals surface area contributed by atoms with E-state index in [2.05, 4.69) is 39.1 Å². The van der Waals surface area contributed by atoms with Gasteiger partial charge in [0.25, 0.3) is 0 Å². The first-order chi connectivity index (χ1) is 15.5. The molecule has 1 N–H and O–H groups in total. The van der Waals surface area contributed by atoms with Gasteiger partial charge in [0.05, 0.1) is 13.2 Å². The maximum Gasteiger partial charge on any atom is 0.239 e. The number of piperazine rings is 1. The number of anilines is 1. The van der Waals surface area contributed by atoms with Gasteiger partial charge in [0.1, 0.15) is 5.75 Å². The molecule has 9 heteroatoms. The number of nitrogens with one attached hydrogen (secondary N) is 1. The average molecular weight is 573 g/mol. The van der Waals surface area contributed by atoms with Crippen LogP contribution in [0.3, 0.4) is 0 Å². The average Bonchev–Trinajstić information content (AvgIpc) is 3.29. The molecule has 1 unspecified atom stereocenters. The summed E-state index contributed by atoms with van der Waals surface area (Å²) >= 11 is 0. The Kier molecular flexibility index (Phi) is 11.5. The van der Waals surface area contributed by atoms with Crippen molar-refractivity contribution in [2.75, 3.05) is 78.5 Å². The molecule has 1 aromatic carbocycles. The van der Waals surface area contributed by atoms with Crippen LogP contribution in [0.4, 0.5) is 5.69 Å². The maximum atomic E-state index is 12.4. The fraction of sp³-hybridized carbons (Fsp3) is 0.667. The summed E-state index contributed by atoms with van der Waals surface area (Å²) in [6.45, 7) is 9.54. The number of hydrogen-bond donors (Lipinski definition) is 1. The Morgan fingerprint density at radius 2 is 1.85 bits per heavy atom. The second-order valence-corrected chi connectivity index (χ2v) is 8.69. The first kappa shape index (κ1) is 27.5. The number of likely N-dealkylation sites (N-methyl/N-ethyl adjacent to an activating group) is 1. The number of guanidine groups is 1. The lowest BCUT2D eigenvalue weighted by Gasteiger charge is -2.37. The van der Waals surface area contributed by atoms with Crippen LogP contribution >= 0.6 is 24.0 Å². The predicted molar refractivity (Wildman–Crippen MR) is 146 cm³/mol. The summed E-state index contributed by atoms with van der Waals surface area (Å²) in [5.74, 6) is 2.12. The van der Waals surface area contributed by atoms with Crippen molar-refractivity contribution < 1.29 is 9.53 Å². The second-order valence-electron chi connectivity index (χ2n) is 8.69. The number of ether oxygens (including phenoxy) is 1. The Morgan fingerprint density at radius 1 is 1.15 bits per heavy atom. The summed E-state index contributed by atoms with van der Waals surface area (Å²) < 4.78 is 5.27. The van der Waals surface area contributed by atoms with E-state index in [0.717, 1.165) is 83.3 Å². The standard InChI is InChI=1S/C24H40N6O2.HI/c1-5-25-24(26-13-7-15-29-14-6-8-22(29)23(31)27(2)3)30-18-16-28(17-19-30)20-9-11-21(32-4)12-10-20;/h9-12,22H,5-8,13-19H2,1-4H3,(H,25,26);1H. The Bertz CT molecular complexity index is 750. The Labute approximate surface area is 216 Å². The van der Waals surface area contributed by atoms with Gasteiger partial charge in [0.15, 0.2) is 5.96 Å². The third kappa shape index (κ3) is 7.63. The van der Waals surface area contributed by atoms with E-state index in [0.29, 0.717) is 0 Å². The molecule has 2 aliphatic rings. The molecule has 0 saturated carbocycles. The molecular formula is C24H41IN6O2. The zero-order valence-electron chi connectivity index (χ0n) is 20.6. The third-order valence-corrected chi connectivity index (χ3v) is 6.31. The SMILES string of the molecule is CCNC(=NCCCN1CCCC1C(=O)N(C)C)N1CCN(c2ccc(OC)cc2)CC1.I. The van der Waals surface area contributed by atoms with Crippen molar-refractivity contribution in [3.63, 3.8) is 0 Å². The lowest BCUT2D eigenvalue weighted by atomic mass is 10.2. The number of methoxy groups -OCH3 is 1. The monoisotopic (exact) mass is 572 g/mol. The van der Waals surface area contributed by atoms with Crippen molar-refractivity contribution in [2.45, 2.75) is 32.2 Å². The molecule has 0 spiro atoms. The largest absolute Gasteiger partial charge is 0.497 e. The number of nitrogens with zero attached hydrogens (tertiary/aromatic N) is 5. The van der Waals surface area contributed by atoms with Crippen molar-refractivity contribution in [2.24, 2.45) is 4.99 Å². The van der Waals surface area contributed by atoms with Crippen LogP contribution in [0.2, 0.25) is 0 Å². The normalized spacial score (nSPS) is 19.3. The Morgan fingerprint density at radius 3 is 2.45 bits per heavy atom. The molecular weight excluding hydrogens is 531 g/mol. The van der Waals surface area contributed by atoms with Gasteiger partial charge in [0.2, 0.25) is 5.91 Å². The zero-order valence-corrected chi connectivity index (χ0v) is 23.0.